The summed E-state index contributed by atoms with van der Waals surface area (Å²) in [7, 11) is 8.04. The number of halogens is 2. The first-order chi connectivity index (χ1) is 37.2. The molecular weight excluding hydrogens is 1130 g/mol. The normalized spacial score (nSPS) is 11.0. The molecule has 0 bridgehead atoms. The van der Waals surface area contributed by atoms with E-state index in [1.807, 2.05) is 0 Å². The van der Waals surface area contributed by atoms with E-state index in [4.69, 9.17) is 19.4 Å². The van der Waals surface area contributed by atoms with E-state index in [-0.39, 0.29) is 15.1 Å². The van der Waals surface area contributed by atoms with Gasteiger partial charge in [0.25, 0.3) is 0 Å². The molecule has 6 heteroatoms. The molecule has 0 unspecified atom stereocenters. The number of hydrogen-bond donors (Lipinski definition) is 0. The van der Waals surface area contributed by atoms with Gasteiger partial charge in [-0.2, -0.15) is 0 Å². The topological polar surface area (TPSA) is 0 Å². The summed E-state index contributed by atoms with van der Waals surface area (Å²) in [5, 5.41) is 13.4. The maximum absolute atomic E-state index is 4.85. The van der Waals surface area contributed by atoms with Crippen LogP contribution >= 0.6 is 43.1 Å². The van der Waals surface area contributed by atoms with Crippen LogP contribution in [0.2, 0.25) is 0 Å². The average molecular weight is 1210 g/mol. The molecule has 0 nitrogen and oxygen atoms in total. The molecule has 0 saturated carbocycles. The van der Waals surface area contributed by atoms with Crippen LogP contribution in [-0.2, 0) is 15.1 Å². The summed E-state index contributed by atoms with van der Waals surface area (Å²) < 4.78 is 0. The van der Waals surface area contributed by atoms with Gasteiger partial charge in [-0.05, 0) is 296 Å². The van der Waals surface area contributed by atoms with Gasteiger partial charge in [-0.15, -0.1) is 0 Å². The van der Waals surface area contributed by atoms with Gasteiger partial charge in [0.05, 0.1) is 0 Å². The number of aryl methyl sites for hydroxylation is 9. The van der Waals surface area contributed by atoms with E-state index in [0.717, 1.165) is 0 Å². The van der Waals surface area contributed by atoms with Crippen molar-refractivity contribution in [3.05, 3.63) is 264 Å². The fourth-order valence-corrected chi connectivity index (χ4v) is 19.0. The van der Waals surface area contributed by atoms with Crippen molar-refractivity contribution in [3.63, 3.8) is 0 Å². The summed E-state index contributed by atoms with van der Waals surface area (Å²) in [5.74, 6) is 0. The second-order valence-corrected chi connectivity index (χ2v) is 30.0. The minimum atomic E-state index is -0.557. The first-order valence-corrected chi connectivity index (χ1v) is 35.5. The van der Waals surface area contributed by atoms with Crippen LogP contribution in [0.4, 0.5) is 0 Å². The van der Waals surface area contributed by atoms with Crippen LogP contribution in [0.15, 0.2) is 164 Å². The maximum atomic E-state index is 4.85. The molecule has 0 aliphatic carbocycles. The summed E-state index contributed by atoms with van der Waals surface area (Å²) >= 11 is -0.346. The average Bonchev–Trinajstić information content (AvgIpc) is 3.48. The first-order valence-electron chi connectivity index (χ1n) is 27.0. The van der Waals surface area contributed by atoms with Gasteiger partial charge in [-0.25, -0.2) is 0 Å². The van der Waals surface area contributed by atoms with Crippen LogP contribution in [-0.4, -0.2) is 0 Å². The molecule has 0 N–H and O–H groups in total. The standard InChI is InChI=1S/3C24H27P.2ClH.Ru/c3*1-16-10-7-13-22(19(16)4)25(23-14-8-11-17(2)20(23)5)24-15-9-12-18(3)21(24)6;;;/h3*7-15H,1-6H3;2*1H;/q;;;;;+2/p-2. The van der Waals surface area contributed by atoms with E-state index in [0.29, 0.717) is 0 Å². The van der Waals surface area contributed by atoms with Crippen molar-refractivity contribution in [2.24, 2.45) is 0 Å². The van der Waals surface area contributed by atoms with Crippen molar-refractivity contribution in [2.45, 2.75) is 125 Å². The number of hydrogen-bond acceptors (Lipinski definition) is 0. The minimum absolute atomic E-state index is 0.346. The van der Waals surface area contributed by atoms with Crippen molar-refractivity contribution < 1.29 is 15.1 Å². The van der Waals surface area contributed by atoms with Gasteiger partial charge in [-0.3, -0.25) is 0 Å². The number of benzene rings is 9. The molecule has 406 valence electrons. The first kappa shape index (κ1) is 62.7. The van der Waals surface area contributed by atoms with Gasteiger partial charge in [-0.1, -0.05) is 164 Å². The molecule has 0 saturated heterocycles. The molecule has 0 heterocycles. The summed E-state index contributed by atoms with van der Waals surface area (Å²) in [6.07, 6.45) is 0. The second kappa shape index (κ2) is 28.8. The third-order valence-electron chi connectivity index (χ3n) is 16.4. The Bertz CT molecular complexity index is 2800. The molecule has 0 spiro atoms. The van der Waals surface area contributed by atoms with Gasteiger partial charge in [0.15, 0.2) is 0 Å². The summed E-state index contributed by atoms with van der Waals surface area (Å²) in [6.45, 7) is 40.5. The Balaban J connectivity index is 0.000000184. The monoisotopic (exact) mass is 1210 g/mol. The Hall–Kier alpha value is -4.53. The molecule has 0 aliphatic rings. The van der Waals surface area contributed by atoms with E-state index >= 15 is 0 Å². The summed E-state index contributed by atoms with van der Waals surface area (Å²) in [5.41, 5.74) is 25.2. The Morgan fingerprint density at radius 1 is 0.192 bits per heavy atom. The molecule has 0 atom stereocenters. The van der Waals surface area contributed by atoms with Crippen molar-refractivity contribution in [2.75, 3.05) is 0 Å². The second-order valence-electron chi connectivity index (χ2n) is 21.0. The Kier molecular flexibility index (Phi) is 23.1. The predicted octanol–water partition coefficient (Wildman–Crippen LogP) is 17.3. The van der Waals surface area contributed by atoms with Gasteiger partial charge in [0.1, 0.15) is 0 Å². The van der Waals surface area contributed by atoms with Crippen LogP contribution in [0, 0.1) is 125 Å². The zero-order valence-electron chi connectivity index (χ0n) is 49.5. The van der Waals surface area contributed by atoms with Gasteiger partial charge in [0, 0.05) is 0 Å². The fourth-order valence-electron chi connectivity index (χ4n) is 9.97. The molecular formula is C72H81Cl2P3Ru. The third-order valence-corrected chi connectivity index (χ3v) is 25.0. The molecule has 0 aliphatic heterocycles. The predicted molar refractivity (Wildman–Crippen MR) is 352 cm³/mol. The Labute approximate surface area is 490 Å². The zero-order valence-corrected chi connectivity index (χ0v) is 55.5. The summed E-state index contributed by atoms with van der Waals surface area (Å²) in [6, 6.07) is 60.9. The molecule has 0 fully saturated rings. The van der Waals surface area contributed by atoms with E-state index < -0.39 is 23.8 Å². The van der Waals surface area contributed by atoms with Crippen molar-refractivity contribution in [1.82, 2.24) is 0 Å². The van der Waals surface area contributed by atoms with Crippen LogP contribution in [0.3, 0.4) is 0 Å². The summed E-state index contributed by atoms with van der Waals surface area (Å²) in [4.78, 5) is 0. The van der Waals surface area contributed by atoms with Crippen molar-refractivity contribution in [1.29, 1.82) is 0 Å². The fraction of sp³-hybridized carbons (Fsp3) is 0.250. The van der Waals surface area contributed by atoms with Gasteiger partial charge < -0.3 is 0 Å². The van der Waals surface area contributed by atoms with Crippen molar-refractivity contribution in [3.8, 4) is 0 Å². The molecule has 9 aromatic carbocycles. The molecule has 9 aromatic rings. The van der Waals surface area contributed by atoms with E-state index in [9.17, 15) is 0 Å². The molecule has 0 amide bonds. The quantitative estimate of drug-likeness (QED) is 0.0998. The Morgan fingerprint density at radius 2 is 0.282 bits per heavy atom. The van der Waals surface area contributed by atoms with Crippen molar-refractivity contribution >= 4 is 90.9 Å². The van der Waals surface area contributed by atoms with Crippen LogP contribution in [0.1, 0.15) is 100 Å². The van der Waals surface area contributed by atoms with E-state index in [1.54, 1.807) is 0 Å². The third kappa shape index (κ3) is 14.3. The molecule has 0 aromatic heterocycles. The van der Waals surface area contributed by atoms with Gasteiger partial charge in [0.2, 0.25) is 0 Å². The van der Waals surface area contributed by atoms with Crippen LogP contribution < -0.4 is 47.7 Å². The number of rotatable bonds is 9. The SMILES string of the molecule is Cc1cccc(P(c2cccc(C)c2C)c2cccc(C)c2C)c1C.Cc1cccc(P(c2cccc(C)c2C)c2cccc(C)c2C)c1C.Cc1cccc(P(c2cccc(C)c2C)c2cccc(C)c2C)c1C.[Cl][Ru][Cl]. The molecule has 78 heavy (non-hydrogen) atoms. The molecule has 9 rings (SSSR count). The zero-order chi connectivity index (χ0) is 57.1. The molecule has 0 radical (unpaired) electrons. The van der Waals surface area contributed by atoms with E-state index in [2.05, 4.69) is 288 Å². The Morgan fingerprint density at radius 3 is 0.372 bits per heavy atom. The van der Waals surface area contributed by atoms with Crippen LogP contribution in [0.25, 0.3) is 0 Å². The van der Waals surface area contributed by atoms with Gasteiger partial charge >= 0.3 is 34.5 Å². The van der Waals surface area contributed by atoms with E-state index in [1.165, 1.54) is 148 Å². The van der Waals surface area contributed by atoms with Crippen LogP contribution in [0.5, 0.6) is 0 Å².